The SMILES string of the molecule is COc1cccc(N(CCNC(C)=O)CCc2ccccc2)c1. The summed E-state index contributed by atoms with van der Waals surface area (Å²) in [6, 6.07) is 18.4. The Bertz CT molecular complexity index is 614. The summed E-state index contributed by atoms with van der Waals surface area (Å²) in [5, 5.41) is 2.86. The number of rotatable bonds is 8. The monoisotopic (exact) mass is 312 g/mol. The second-order valence-electron chi connectivity index (χ2n) is 5.41. The van der Waals surface area contributed by atoms with Gasteiger partial charge in [-0.3, -0.25) is 4.79 Å². The largest absolute Gasteiger partial charge is 0.497 e. The molecule has 4 nitrogen and oxygen atoms in total. The van der Waals surface area contributed by atoms with Gasteiger partial charge < -0.3 is 15.0 Å². The van der Waals surface area contributed by atoms with Crippen LogP contribution in [0.1, 0.15) is 12.5 Å². The van der Waals surface area contributed by atoms with Crippen molar-refractivity contribution in [3.05, 3.63) is 60.2 Å². The van der Waals surface area contributed by atoms with Crippen LogP contribution in [0, 0.1) is 0 Å². The van der Waals surface area contributed by atoms with Gasteiger partial charge in [0.15, 0.2) is 0 Å². The molecule has 0 atom stereocenters. The van der Waals surface area contributed by atoms with E-state index in [4.69, 9.17) is 4.74 Å². The molecular formula is C19H24N2O2. The zero-order valence-electron chi connectivity index (χ0n) is 13.8. The third-order valence-electron chi connectivity index (χ3n) is 3.69. The van der Waals surface area contributed by atoms with E-state index in [0.717, 1.165) is 30.9 Å². The van der Waals surface area contributed by atoms with Crippen LogP contribution in [-0.2, 0) is 11.2 Å². The van der Waals surface area contributed by atoms with Gasteiger partial charge in [0.25, 0.3) is 0 Å². The zero-order chi connectivity index (χ0) is 16.5. The summed E-state index contributed by atoms with van der Waals surface area (Å²) in [6.45, 7) is 3.82. The van der Waals surface area contributed by atoms with E-state index < -0.39 is 0 Å². The van der Waals surface area contributed by atoms with Crippen LogP contribution >= 0.6 is 0 Å². The second kappa shape index (κ2) is 8.83. The highest BCUT2D eigenvalue weighted by molar-refractivity contribution is 5.72. The number of methoxy groups -OCH3 is 1. The van der Waals surface area contributed by atoms with Gasteiger partial charge in [-0.05, 0) is 24.1 Å². The minimum atomic E-state index is -0.00125. The molecule has 122 valence electrons. The number of carbonyl (C=O) groups is 1. The lowest BCUT2D eigenvalue weighted by Gasteiger charge is -2.25. The molecule has 1 amide bonds. The number of anilines is 1. The van der Waals surface area contributed by atoms with Crippen molar-refractivity contribution in [1.29, 1.82) is 0 Å². The van der Waals surface area contributed by atoms with Gasteiger partial charge in [-0.25, -0.2) is 0 Å². The average molecular weight is 312 g/mol. The lowest BCUT2D eigenvalue weighted by Crippen LogP contribution is -2.35. The quantitative estimate of drug-likeness (QED) is 0.815. The Hall–Kier alpha value is -2.49. The summed E-state index contributed by atoms with van der Waals surface area (Å²) in [7, 11) is 1.67. The molecule has 23 heavy (non-hydrogen) atoms. The molecule has 0 saturated carbocycles. The van der Waals surface area contributed by atoms with Crippen LogP contribution in [-0.4, -0.2) is 32.7 Å². The minimum Gasteiger partial charge on any atom is -0.497 e. The van der Waals surface area contributed by atoms with Gasteiger partial charge in [0.1, 0.15) is 5.75 Å². The molecule has 0 aliphatic heterocycles. The second-order valence-corrected chi connectivity index (χ2v) is 5.41. The maximum absolute atomic E-state index is 11.1. The maximum Gasteiger partial charge on any atom is 0.216 e. The van der Waals surface area contributed by atoms with Crippen molar-refractivity contribution in [2.75, 3.05) is 31.6 Å². The number of amides is 1. The van der Waals surface area contributed by atoms with Crippen LogP contribution in [0.3, 0.4) is 0 Å². The van der Waals surface area contributed by atoms with E-state index in [1.807, 2.05) is 24.3 Å². The first-order valence-corrected chi connectivity index (χ1v) is 7.86. The molecule has 0 saturated heterocycles. The van der Waals surface area contributed by atoms with E-state index in [1.165, 1.54) is 5.56 Å². The first-order chi connectivity index (χ1) is 11.2. The van der Waals surface area contributed by atoms with E-state index in [9.17, 15) is 4.79 Å². The fourth-order valence-corrected chi connectivity index (χ4v) is 2.45. The van der Waals surface area contributed by atoms with Crippen molar-refractivity contribution in [1.82, 2.24) is 5.32 Å². The van der Waals surface area contributed by atoms with Crippen LogP contribution < -0.4 is 15.0 Å². The molecule has 2 aromatic carbocycles. The number of carbonyl (C=O) groups excluding carboxylic acids is 1. The van der Waals surface area contributed by atoms with Gasteiger partial charge in [0.2, 0.25) is 5.91 Å². The predicted molar refractivity (Wildman–Crippen MR) is 94.0 cm³/mol. The summed E-state index contributed by atoms with van der Waals surface area (Å²) in [4.78, 5) is 13.4. The average Bonchev–Trinajstić information content (AvgIpc) is 2.58. The van der Waals surface area contributed by atoms with Crippen molar-refractivity contribution in [2.45, 2.75) is 13.3 Å². The van der Waals surface area contributed by atoms with Crippen LogP contribution in [0.25, 0.3) is 0 Å². The third kappa shape index (κ3) is 5.66. The third-order valence-corrected chi connectivity index (χ3v) is 3.69. The number of benzene rings is 2. The maximum atomic E-state index is 11.1. The molecule has 0 aliphatic rings. The summed E-state index contributed by atoms with van der Waals surface area (Å²) < 4.78 is 5.31. The first kappa shape index (κ1) is 16.9. The van der Waals surface area contributed by atoms with Gasteiger partial charge in [-0.1, -0.05) is 36.4 Å². The molecule has 0 heterocycles. The Labute approximate surface area is 138 Å². The van der Waals surface area contributed by atoms with E-state index in [1.54, 1.807) is 14.0 Å². The van der Waals surface area contributed by atoms with Gasteiger partial charge in [0, 0.05) is 38.3 Å². The number of nitrogens with zero attached hydrogens (tertiary/aromatic N) is 1. The molecule has 0 spiro atoms. The highest BCUT2D eigenvalue weighted by Gasteiger charge is 2.08. The molecule has 2 rings (SSSR count). The summed E-state index contributed by atoms with van der Waals surface area (Å²) in [5.74, 6) is 0.838. The van der Waals surface area contributed by atoms with Crippen molar-refractivity contribution in [2.24, 2.45) is 0 Å². The fourth-order valence-electron chi connectivity index (χ4n) is 2.45. The predicted octanol–water partition coefficient (Wildman–Crippen LogP) is 2.88. The molecule has 4 heteroatoms. The van der Waals surface area contributed by atoms with Crippen molar-refractivity contribution in [3.63, 3.8) is 0 Å². The number of hydrogen-bond acceptors (Lipinski definition) is 3. The molecule has 0 aliphatic carbocycles. The lowest BCUT2D eigenvalue weighted by atomic mass is 10.1. The van der Waals surface area contributed by atoms with Gasteiger partial charge in [0.05, 0.1) is 7.11 Å². The van der Waals surface area contributed by atoms with E-state index in [-0.39, 0.29) is 5.91 Å². The van der Waals surface area contributed by atoms with Crippen LogP contribution in [0.2, 0.25) is 0 Å². The van der Waals surface area contributed by atoms with E-state index in [0.29, 0.717) is 6.54 Å². The van der Waals surface area contributed by atoms with Gasteiger partial charge in [-0.2, -0.15) is 0 Å². The number of hydrogen-bond donors (Lipinski definition) is 1. The van der Waals surface area contributed by atoms with Gasteiger partial charge in [-0.15, -0.1) is 0 Å². The highest BCUT2D eigenvalue weighted by Crippen LogP contribution is 2.21. The molecule has 0 fully saturated rings. The summed E-state index contributed by atoms with van der Waals surface area (Å²) in [6.07, 6.45) is 0.956. The molecule has 0 aromatic heterocycles. The molecule has 0 unspecified atom stereocenters. The fraction of sp³-hybridized carbons (Fsp3) is 0.316. The lowest BCUT2D eigenvalue weighted by molar-refractivity contribution is -0.118. The Morgan fingerprint density at radius 2 is 1.87 bits per heavy atom. The Balaban J connectivity index is 2.05. The van der Waals surface area contributed by atoms with Crippen molar-refractivity contribution >= 4 is 11.6 Å². The standard InChI is InChI=1S/C19H24N2O2/c1-16(22)20-12-14-21(13-11-17-7-4-3-5-8-17)18-9-6-10-19(15-18)23-2/h3-10,15H,11-14H2,1-2H3,(H,20,22). The zero-order valence-corrected chi connectivity index (χ0v) is 13.8. The van der Waals surface area contributed by atoms with Crippen molar-refractivity contribution in [3.8, 4) is 5.75 Å². The highest BCUT2D eigenvalue weighted by atomic mass is 16.5. The Morgan fingerprint density at radius 1 is 1.09 bits per heavy atom. The van der Waals surface area contributed by atoms with E-state index in [2.05, 4.69) is 40.5 Å². The molecule has 0 radical (unpaired) electrons. The van der Waals surface area contributed by atoms with Gasteiger partial charge >= 0.3 is 0 Å². The molecule has 0 bridgehead atoms. The molecule has 1 N–H and O–H groups in total. The van der Waals surface area contributed by atoms with Crippen LogP contribution in [0.15, 0.2) is 54.6 Å². The summed E-state index contributed by atoms with van der Waals surface area (Å²) >= 11 is 0. The normalized spacial score (nSPS) is 10.2. The van der Waals surface area contributed by atoms with Crippen molar-refractivity contribution < 1.29 is 9.53 Å². The minimum absolute atomic E-state index is 0.00125. The topological polar surface area (TPSA) is 41.6 Å². The van der Waals surface area contributed by atoms with Crippen LogP contribution in [0.4, 0.5) is 5.69 Å². The molecular weight excluding hydrogens is 288 g/mol. The Kier molecular flexibility index (Phi) is 6.48. The number of ether oxygens (including phenoxy) is 1. The number of nitrogens with one attached hydrogen (secondary N) is 1. The first-order valence-electron chi connectivity index (χ1n) is 7.86. The Morgan fingerprint density at radius 3 is 2.57 bits per heavy atom. The molecule has 2 aromatic rings. The van der Waals surface area contributed by atoms with E-state index >= 15 is 0 Å². The van der Waals surface area contributed by atoms with Crippen LogP contribution in [0.5, 0.6) is 5.75 Å². The smallest absolute Gasteiger partial charge is 0.216 e. The summed E-state index contributed by atoms with van der Waals surface area (Å²) in [5.41, 5.74) is 2.41.